The number of halogens is 1. The molecule has 5 heteroatoms. The first-order valence-electron chi connectivity index (χ1n) is 6.05. The summed E-state index contributed by atoms with van der Waals surface area (Å²) < 4.78 is 0. The molecule has 17 heavy (non-hydrogen) atoms. The number of urea groups is 1. The highest BCUT2D eigenvalue weighted by atomic mass is 35.5. The summed E-state index contributed by atoms with van der Waals surface area (Å²) in [5, 5.41) is 4.83. The second kappa shape index (κ2) is 8.34. The Morgan fingerprint density at radius 3 is 2.41 bits per heavy atom. The summed E-state index contributed by atoms with van der Waals surface area (Å²) in [6.45, 7) is 6.92. The van der Waals surface area contributed by atoms with E-state index in [1.165, 1.54) is 12.8 Å². The van der Waals surface area contributed by atoms with E-state index in [0.29, 0.717) is 6.54 Å². The molecular formula is C12H23ClN2O2. The van der Waals surface area contributed by atoms with E-state index in [0.717, 1.165) is 12.8 Å². The van der Waals surface area contributed by atoms with Crippen LogP contribution in [0.1, 0.15) is 46.5 Å². The molecule has 0 heterocycles. The molecule has 2 N–H and O–H groups in total. The number of carbonyl (C=O) groups is 2. The molecule has 0 saturated carbocycles. The van der Waals surface area contributed by atoms with E-state index in [9.17, 15) is 9.59 Å². The quantitative estimate of drug-likeness (QED) is 0.547. The van der Waals surface area contributed by atoms with E-state index >= 15 is 0 Å². The van der Waals surface area contributed by atoms with Gasteiger partial charge in [-0.15, -0.1) is 11.6 Å². The van der Waals surface area contributed by atoms with Crippen LogP contribution in [0, 0.1) is 5.41 Å². The molecule has 0 fully saturated rings. The topological polar surface area (TPSA) is 58.2 Å². The largest absolute Gasteiger partial charge is 0.337 e. The number of hydrogen-bond donors (Lipinski definition) is 2. The van der Waals surface area contributed by atoms with Crippen LogP contribution in [-0.2, 0) is 4.79 Å². The van der Waals surface area contributed by atoms with Crippen LogP contribution in [0.2, 0.25) is 0 Å². The number of rotatable bonds is 7. The lowest BCUT2D eigenvalue weighted by molar-refractivity contribution is -0.117. The highest BCUT2D eigenvalue weighted by Crippen LogP contribution is 2.22. The number of alkyl halides is 1. The lowest BCUT2D eigenvalue weighted by Gasteiger charge is -2.24. The fourth-order valence-corrected chi connectivity index (χ4v) is 1.53. The number of carbonyl (C=O) groups excluding carboxylic acids is 2. The maximum Gasteiger partial charge on any atom is 0.321 e. The molecule has 0 spiro atoms. The fraction of sp³-hybridized carbons (Fsp3) is 0.833. The Hall–Kier alpha value is -0.770. The van der Waals surface area contributed by atoms with Gasteiger partial charge in [0.15, 0.2) is 0 Å². The highest BCUT2D eigenvalue weighted by molar-refractivity contribution is 6.28. The van der Waals surface area contributed by atoms with Crippen molar-refractivity contribution in [2.24, 2.45) is 5.41 Å². The number of imide groups is 1. The van der Waals surface area contributed by atoms with Crippen LogP contribution in [0.5, 0.6) is 0 Å². The van der Waals surface area contributed by atoms with E-state index < -0.39 is 11.9 Å². The number of unbranched alkanes of at least 4 members (excludes halogenated alkanes) is 2. The van der Waals surface area contributed by atoms with Crippen molar-refractivity contribution in [3.63, 3.8) is 0 Å². The van der Waals surface area contributed by atoms with Gasteiger partial charge in [0.1, 0.15) is 5.88 Å². The lowest BCUT2D eigenvalue weighted by atomic mass is 9.87. The zero-order valence-electron chi connectivity index (χ0n) is 10.9. The summed E-state index contributed by atoms with van der Waals surface area (Å²) in [5.74, 6) is -0.680. The molecule has 100 valence electrons. The van der Waals surface area contributed by atoms with Gasteiger partial charge < -0.3 is 5.32 Å². The minimum Gasteiger partial charge on any atom is -0.337 e. The maximum absolute atomic E-state index is 11.3. The molecule has 0 saturated heterocycles. The van der Waals surface area contributed by atoms with Crippen LogP contribution >= 0.6 is 11.6 Å². The first-order valence-corrected chi connectivity index (χ1v) is 6.58. The number of nitrogens with one attached hydrogen (secondary N) is 2. The van der Waals surface area contributed by atoms with Gasteiger partial charge in [-0.3, -0.25) is 10.1 Å². The minimum absolute atomic E-state index is 0.0521. The zero-order valence-corrected chi connectivity index (χ0v) is 11.7. The van der Waals surface area contributed by atoms with E-state index in [2.05, 4.69) is 31.4 Å². The molecule has 0 aromatic carbocycles. The predicted molar refractivity (Wildman–Crippen MR) is 70.2 cm³/mol. The van der Waals surface area contributed by atoms with E-state index in [4.69, 9.17) is 11.6 Å². The summed E-state index contributed by atoms with van der Waals surface area (Å²) in [6, 6.07) is -0.473. The molecule has 4 nitrogen and oxygen atoms in total. The molecule has 0 aromatic heterocycles. The van der Waals surface area contributed by atoms with Gasteiger partial charge in [0, 0.05) is 6.54 Å². The summed E-state index contributed by atoms with van der Waals surface area (Å²) in [4.78, 5) is 22.1. The first-order chi connectivity index (χ1) is 7.91. The Balaban J connectivity index is 3.83. The van der Waals surface area contributed by atoms with Gasteiger partial charge >= 0.3 is 6.03 Å². The standard InChI is InChI=1S/C12H23ClN2O2/c1-4-5-6-7-12(2,3)9-14-11(17)15-10(16)8-13/h4-9H2,1-3H3,(H2,14,15,16,17). The third-order valence-corrected chi connectivity index (χ3v) is 2.80. The molecule has 0 aliphatic heterocycles. The van der Waals surface area contributed by atoms with Gasteiger partial charge in [0.05, 0.1) is 0 Å². The SMILES string of the molecule is CCCCCC(C)(C)CNC(=O)NC(=O)CCl. The van der Waals surface area contributed by atoms with Crippen molar-refractivity contribution in [1.82, 2.24) is 10.6 Å². The molecule has 0 rings (SSSR count). The molecule has 3 amide bonds. The molecule has 0 aliphatic carbocycles. The van der Waals surface area contributed by atoms with Crippen molar-refractivity contribution in [3.05, 3.63) is 0 Å². The Kier molecular flexibility index (Phi) is 7.96. The second-order valence-corrected chi connectivity index (χ2v) is 5.25. The second-order valence-electron chi connectivity index (χ2n) is 4.99. The Labute approximate surface area is 108 Å². The zero-order chi connectivity index (χ0) is 13.3. The van der Waals surface area contributed by atoms with E-state index in [1.807, 2.05) is 0 Å². The molecule has 0 unspecified atom stereocenters. The van der Waals surface area contributed by atoms with Gasteiger partial charge in [-0.05, 0) is 11.8 Å². The third kappa shape index (κ3) is 8.98. The maximum atomic E-state index is 11.3. The van der Waals surface area contributed by atoms with Gasteiger partial charge in [-0.25, -0.2) is 4.79 Å². The molecule has 0 atom stereocenters. The molecular weight excluding hydrogens is 240 g/mol. The van der Waals surface area contributed by atoms with Crippen molar-refractivity contribution in [2.45, 2.75) is 46.5 Å². The normalized spacial score (nSPS) is 11.1. The fourth-order valence-electron chi connectivity index (χ4n) is 1.47. The smallest absolute Gasteiger partial charge is 0.321 e. The lowest BCUT2D eigenvalue weighted by Crippen LogP contribution is -2.43. The average molecular weight is 263 g/mol. The van der Waals surface area contributed by atoms with Crippen LogP contribution in [0.3, 0.4) is 0 Å². The predicted octanol–water partition coefficient (Wildman–Crippen LogP) is 2.66. The molecule has 0 radical (unpaired) electrons. The van der Waals surface area contributed by atoms with Gasteiger partial charge in [0.2, 0.25) is 5.91 Å². The van der Waals surface area contributed by atoms with Crippen LogP contribution in [0.25, 0.3) is 0 Å². The summed E-state index contributed by atoms with van der Waals surface area (Å²) in [6.07, 6.45) is 4.62. The third-order valence-electron chi connectivity index (χ3n) is 2.56. The summed E-state index contributed by atoms with van der Waals surface area (Å²) in [5.41, 5.74) is 0.0521. The Morgan fingerprint density at radius 2 is 1.88 bits per heavy atom. The van der Waals surface area contributed by atoms with Crippen molar-refractivity contribution < 1.29 is 9.59 Å². The number of hydrogen-bond acceptors (Lipinski definition) is 2. The summed E-state index contributed by atoms with van der Waals surface area (Å²) >= 11 is 5.28. The van der Waals surface area contributed by atoms with Crippen LogP contribution in [0.15, 0.2) is 0 Å². The Bertz CT molecular complexity index is 255. The monoisotopic (exact) mass is 262 g/mol. The van der Waals surface area contributed by atoms with Crippen LogP contribution in [-0.4, -0.2) is 24.4 Å². The highest BCUT2D eigenvalue weighted by Gasteiger charge is 2.18. The molecule has 0 aromatic rings. The van der Waals surface area contributed by atoms with Crippen molar-refractivity contribution >= 4 is 23.5 Å². The number of amides is 3. The van der Waals surface area contributed by atoms with Gasteiger partial charge in [-0.2, -0.15) is 0 Å². The minimum atomic E-state index is -0.479. The van der Waals surface area contributed by atoms with Crippen molar-refractivity contribution in [3.8, 4) is 0 Å². The summed E-state index contributed by atoms with van der Waals surface area (Å²) in [7, 11) is 0. The molecule has 0 aliphatic rings. The van der Waals surface area contributed by atoms with Crippen LogP contribution in [0.4, 0.5) is 4.79 Å². The molecule has 0 bridgehead atoms. The van der Waals surface area contributed by atoms with Gasteiger partial charge in [-0.1, -0.05) is 40.0 Å². The van der Waals surface area contributed by atoms with Crippen molar-refractivity contribution in [2.75, 3.05) is 12.4 Å². The first kappa shape index (κ1) is 16.2. The van der Waals surface area contributed by atoms with Crippen LogP contribution < -0.4 is 10.6 Å². The van der Waals surface area contributed by atoms with E-state index in [-0.39, 0.29) is 11.3 Å². The van der Waals surface area contributed by atoms with Crippen molar-refractivity contribution in [1.29, 1.82) is 0 Å². The van der Waals surface area contributed by atoms with E-state index in [1.54, 1.807) is 0 Å². The average Bonchev–Trinajstić information content (AvgIpc) is 2.26. The van der Waals surface area contributed by atoms with Gasteiger partial charge in [0.25, 0.3) is 0 Å². The Morgan fingerprint density at radius 1 is 1.24 bits per heavy atom.